The number of nitrogens with one attached hydrogen (secondary N) is 1. The van der Waals surface area contributed by atoms with Crippen LogP contribution in [0.15, 0.2) is 53.8 Å². The number of hydrogen-bond donors (Lipinski definition) is 1. The van der Waals surface area contributed by atoms with Gasteiger partial charge in [-0.3, -0.25) is 4.98 Å². The van der Waals surface area contributed by atoms with E-state index in [1.165, 1.54) is 6.42 Å². The van der Waals surface area contributed by atoms with Crippen LogP contribution in [0, 0.1) is 5.92 Å². The van der Waals surface area contributed by atoms with Crippen LogP contribution in [-0.4, -0.2) is 20.7 Å². The molecule has 0 fully saturated rings. The average Bonchev–Trinajstić information content (AvgIpc) is 3.37. The first-order valence-electron chi connectivity index (χ1n) is 12.5. The normalized spacial score (nSPS) is 13.6. The number of pyridine rings is 1. The first kappa shape index (κ1) is 25.5. The summed E-state index contributed by atoms with van der Waals surface area (Å²) in [6.07, 6.45) is 7.85. The monoisotopic (exact) mass is 459 g/mol. The van der Waals surface area contributed by atoms with Crippen molar-refractivity contribution in [3.05, 3.63) is 60.0 Å². The van der Waals surface area contributed by atoms with E-state index in [1.807, 2.05) is 26.0 Å². The van der Waals surface area contributed by atoms with Crippen LogP contribution in [0.3, 0.4) is 0 Å². The lowest BCUT2D eigenvalue weighted by Gasteiger charge is -2.12. The number of anilines is 2. The van der Waals surface area contributed by atoms with Crippen LogP contribution in [0.5, 0.6) is 0 Å². The van der Waals surface area contributed by atoms with E-state index in [-0.39, 0.29) is 0 Å². The number of aromatic nitrogens is 3. The lowest BCUT2D eigenvalue weighted by molar-refractivity contribution is 0.133. The summed E-state index contributed by atoms with van der Waals surface area (Å²) in [4.78, 5) is 18.3. The van der Waals surface area contributed by atoms with Crippen molar-refractivity contribution in [1.29, 1.82) is 0 Å². The van der Waals surface area contributed by atoms with E-state index in [0.717, 1.165) is 58.9 Å². The molecule has 0 bridgehead atoms. The largest absolute Gasteiger partial charge is 0.370 e. The molecule has 6 heteroatoms. The summed E-state index contributed by atoms with van der Waals surface area (Å²) in [5, 5.41) is 3.46. The number of rotatable bonds is 9. The van der Waals surface area contributed by atoms with Crippen LogP contribution in [-0.2, 0) is 18.0 Å². The fraction of sp³-hybridized carbons (Fsp3) is 0.429. The van der Waals surface area contributed by atoms with Crippen molar-refractivity contribution in [2.75, 3.05) is 5.32 Å². The predicted octanol–water partition coefficient (Wildman–Crippen LogP) is 7.65. The van der Waals surface area contributed by atoms with Crippen molar-refractivity contribution >= 4 is 23.2 Å². The van der Waals surface area contributed by atoms with Gasteiger partial charge in [-0.2, -0.15) is 4.98 Å². The topological polar surface area (TPSA) is 72.3 Å². The number of ether oxygens (including phenoxy) is 1. The first-order chi connectivity index (χ1) is 16.7. The van der Waals surface area contributed by atoms with E-state index < -0.39 is 0 Å². The van der Waals surface area contributed by atoms with Gasteiger partial charge in [0.1, 0.15) is 5.82 Å². The van der Waals surface area contributed by atoms with Gasteiger partial charge in [0.05, 0.1) is 18.9 Å². The molecule has 3 aromatic rings. The van der Waals surface area contributed by atoms with Crippen molar-refractivity contribution in [3.8, 4) is 11.1 Å². The van der Waals surface area contributed by atoms with Crippen LogP contribution in [0.4, 0.5) is 17.5 Å². The summed E-state index contributed by atoms with van der Waals surface area (Å²) >= 11 is 0. The van der Waals surface area contributed by atoms with Crippen molar-refractivity contribution in [1.82, 2.24) is 15.0 Å². The lowest BCUT2D eigenvalue weighted by atomic mass is 10.00. The number of nitrogens with zero attached hydrogens (tertiary/aromatic N) is 4. The molecule has 0 aliphatic carbocycles. The number of benzene rings is 1. The van der Waals surface area contributed by atoms with E-state index in [0.29, 0.717) is 25.1 Å². The summed E-state index contributed by atoms with van der Waals surface area (Å²) in [6.45, 7) is 11.7. The van der Waals surface area contributed by atoms with Gasteiger partial charge in [-0.1, -0.05) is 53.2 Å². The molecule has 6 nitrogen and oxygen atoms in total. The summed E-state index contributed by atoms with van der Waals surface area (Å²) in [6, 6.07) is 12.3. The average molecular weight is 460 g/mol. The summed E-state index contributed by atoms with van der Waals surface area (Å²) in [7, 11) is 0. The molecule has 1 aromatic carbocycles. The Hall–Kier alpha value is -3.12. The van der Waals surface area contributed by atoms with Crippen molar-refractivity contribution in [2.24, 2.45) is 10.9 Å². The van der Waals surface area contributed by atoms with Gasteiger partial charge in [0.25, 0.3) is 5.95 Å². The molecule has 4 rings (SSSR count). The molecule has 1 N–H and O–H groups in total. The van der Waals surface area contributed by atoms with Gasteiger partial charge in [0.2, 0.25) is 0 Å². The molecule has 0 saturated carbocycles. The maximum absolute atomic E-state index is 5.65. The van der Waals surface area contributed by atoms with E-state index in [1.54, 1.807) is 12.4 Å². The highest BCUT2D eigenvalue weighted by atomic mass is 16.5. The predicted molar refractivity (Wildman–Crippen MR) is 141 cm³/mol. The number of hydrogen-bond acceptors (Lipinski definition) is 6. The quantitative estimate of drug-likeness (QED) is 0.333. The molecule has 0 amide bonds. The molecule has 1 aliphatic heterocycles. The highest BCUT2D eigenvalue weighted by molar-refractivity contribution is 5.86. The van der Waals surface area contributed by atoms with Crippen LogP contribution >= 0.6 is 0 Å². The van der Waals surface area contributed by atoms with Gasteiger partial charge in [0.15, 0.2) is 0 Å². The summed E-state index contributed by atoms with van der Waals surface area (Å²) in [5.74, 6) is 2.00. The van der Waals surface area contributed by atoms with Crippen molar-refractivity contribution < 1.29 is 4.74 Å². The van der Waals surface area contributed by atoms with Crippen molar-refractivity contribution in [3.63, 3.8) is 0 Å². The molecular formula is C28H37N5O. The van der Waals surface area contributed by atoms with Crippen LogP contribution in [0.1, 0.15) is 71.6 Å². The molecule has 3 heterocycles. The standard InChI is InChI=1S/C26H31N5O.C2H6/c1-4-18(3)6-9-21(5-2)29-26-30-24-17-32-16-23(24)25(31-26)28-22-10-7-19(8-11-22)20-12-14-27-15-13-20;1-2/h7-8,10-15,18H,4-6,9,16-17H2,1-3H3,(H,28,30,31);1-2H3/b29-21+;. The van der Waals surface area contributed by atoms with E-state index in [4.69, 9.17) is 14.7 Å². The number of aliphatic imine (C=N–C) groups is 1. The van der Waals surface area contributed by atoms with Crippen LogP contribution in [0.2, 0.25) is 0 Å². The Bertz CT molecular complexity index is 1060. The molecule has 2 aromatic heterocycles. The zero-order valence-electron chi connectivity index (χ0n) is 21.1. The van der Waals surface area contributed by atoms with E-state index >= 15 is 0 Å². The van der Waals surface area contributed by atoms with Gasteiger partial charge in [0, 0.05) is 29.4 Å². The Morgan fingerprint density at radius 2 is 1.71 bits per heavy atom. The summed E-state index contributed by atoms with van der Waals surface area (Å²) in [5.41, 5.74) is 6.35. The second kappa shape index (κ2) is 12.9. The minimum atomic E-state index is 0.504. The SMILES string of the molecule is CC.CC/C(CCC(C)CC)=N\c1nc2c(c(Nc3ccc(-c4ccncc4)cc3)n1)COC2. The van der Waals surface area contributed by atoms with Crippen LogP contribution in [0.25, 0.3) is 11.1 Å². The Morgan fingerprint density at radius 1 is 1.00 bits per heavy atom. The molecule has 1 atom stereocenters. The smallest absolute Gasteiger partial charge is 0.251 e. The second-order valence-corrected chi connectivity index (χ2v) is 8.31. The molecular weight excluding hydrogens is 422 g/mol. The zero-order chi connectivity index (χ0) is 24.3. The van der Waals surface area contributed by atoms with Gasteiger partial charge in [-0.15, -0.1) is 0 Å². The molecule has 180 valence electrons. The fourth-order valence-electron chi connectivity index (χ4n) is 3.69. The van der Waals surface area contributed by atoms with Gasteiger partial charge < -0.3 is 10.1 Å². The minimum absolute atomic E-state index is 0.504. The van der Waals surface area contributed by atoms with Crippen LogP contribution < -0.4 is 5.32 Å². The minimum Gasteiger partial charge on any atom is -0.370 e. The molecule has 0 saturated heterocycles. The first-order valence-corrected chi connectivity index (χ1v) is 12.5. The maximum atomic E-state index is 5.65. The Morgan fingerprint density at radius 3 is 2.38 bits per heavy atom. The molecule has 0 spiro atoms. The fourth-order valence-corrected chi connectivity index (χ4v) is 3.69. The zero-order valence-corrected chi connectivity index (χ0v) is 21.1. The summed E-state index contributed by atoms with van der Waals surface area (Å²) < 4.78 is 5.65. The second-order valence-electron chi connectivity index (χ2n) is 8.31. The maximum Gasteiger partial charge on any atom is 0.251 e. The molecule has 1 aliphatic rings. The van der Waals surface area contributed by atoms with Gasteiger partial charge in [-0.05, 0) is 60.6 Å². The molecule has 0 radical (unpaired) electrons. The Labute approximate surface area is 204 Å². The molecule has 1 unspecified atom stereocenters. The highest BCUT2D eigenvalue weighted by Gasteiger charge is 2.20. The third kappa shape index (κ3) is 6.70. The van der Waals surface area contributed by atoms with E-state index in [2.05, 4.69) is 60.3 Å². The third-order valence-electron chi connectivity index (χ3n) is 6.02. The molecule has 34 heavy (non-hydrogen) atoms. The third-order valence-corrected chi connectivity index (χ3v) is 6.02. The van der Waals surface area contributed by atoms with E-state index in [9.17, 15) is 0 Å². The van der Waals surface area contributed by atoms with Gasteiger partial charge in [-0.25, -0.2) is 9.98 Å². The Kier molecular flexibility index (Phi) is 9.71. The number of fused-ring (bicyclic) bond motifs is 1. The highest BCUT2D eigenvalue weighted by Crippen LogP contribution is 2.30. The lowest BCUT2D eigenvalue weighted by Crippen LogP contribution is -2.04. The van der Waals surface area contributed by atoms with Gasteiger partial charge >= 0.3 is 0 Å². The Balaban J connectivity index is 0.00000158. The van der Waals surface area contributed by atoms with Crippen molar-refractivity contribution in [2.45, 2.75) is 73.5 Å².